The Morgan fingerprint density at radius 1 is 1.00 bits per heavy atom. The molecule has 2 aromatic carbocycles. The van der Waals surface area contributed by atoms with Gasteiger partial charge in [0.25, 0.3) is 0 Å². The number of ether oxygens (including phenoxy) is 2. The molecule has 11 heteroatoms. The molecule has 0 aliphatic carbocycles. The van der Waals surface area contributed by atoms with E-state index in [1.54, 1.807) is 24.3 Å². The van der Waals surface area contributed by atoms with Gasteiger partial charge in [-0.05, 0) is 55.2 Å². The lowest BCUT2D eigenvalue weighted by Crippen LogP contribution is -2.48. The Morgan fingerprint density at radius 3 is 2.29 bits per heavy atom. The van der Waals surface area contributed by atoms with E-state index in [1.165, 1.54) is 17.5 Å². The van der Waals surface area contributed by atoms with Crippen LogP contribution in [0.4, 0.5) is 5.69 Å². The molecule has 0 bridgehead atoms. The van der Waals surface area contributed by atoms with Crippen molar-refractivity contribution in [3.63, 3.8) is 0 Å². The van der Waals surface area contributed by atoms with E-state index in [-0.39, 0.29) is 35.5 Å². The smallest absolute Gasteiger partial charge is 0.243 e. The first-order chi connectivity index (χ1) is 16.7. The van der Waals surface area contributed by atoms with Crippen LogP contribution >= 0.6 is 0 Å². The van der Waals surface area contributed by atoms with Crippen molar-refractivity contribution < 1.29 is 26.3 Å². The van der Waals surface area contributed by atoms with Crippen molar-refractivity contribution in [3.05, 3.63) is 48.0 Å². The minimum absolute atomic E-state index is 0.101. The Morgan fingerprint density at radius 2 is 1.69 bits per heavy atom. The predicted molar refractivity (Wildman–Crippen MR) is 134 cm³/mol. The third-order valence-corrected chi connectivity index (χ3v) is 9.87. The summed E-state index contributed by atoms with van der Waals surface area (Å²) in [6.07, 6.45) is 2.52. The lowest BCUT2D eigenvalue weighted by Gasteiger charge is -2.36. The molecular weight excluding hydrogens is 490 g/mol. The van der Waals surface area contributed by atoms with Crippen molar-refractivity contribution >= 4 is 25.7 Å². The number of anilines is 1. The topological polar surface area (TPSA) is 105 Å². The fraction of sp³-hybridized carbons (Fsp3) is 0.500. The second-order valence-corrected chi connectivity index (χ2v) is 12.4. The highest BCUT2D eigenvalue weighted by Gasteiger charge is 2.30. The summed E-state index contributed by atoms with van der Waals surface area (Å²) in [4.78, 5) is 2.38. The zero-order chi connectivity index (χ0) is 25.1. The number of piperazine rings is 1. The quantitative estimate of drug-likeness (QED) is 0.537. The summed E-state index contributed by atoms with van der Waals surface area (Å²) in [5, 5.41) is 0. The molecule has 35 heavy (non-hydrogen) atoms. The van der Waals surface area contributed by atoms with Crippen molar-refractivity contribution in [1.82, 2.24) is 9.03 Å². The Hall–Kier alpha value is -2.18. The second kappa shape index (κ2) is 10.8. The van der Waals surface area contributed by atoms with Crippen LogP contribution in [0.25, 0.3) is 0 Å². The first-order valence-electron chi connectivity index (χ1n) is 11.9. The number of hydrogen-bond acceptors (Lipinski definition) is 7. The fourth-order valence-electron chi connectivity index (χ4n) is 4.39. The molecule has 1 N–H and O–H groups in total. The highest BCUT2D eigenvalue weighted by Crippen LogP contribution is 2.32. The molecule has 0 radical (unpaired) electrons. The van der Waals surface area contributed by atoms with E-state index >= 15 is 0 Å². The van der Waals surface area contributed by atoms with E-state index in [4.69, 9.17) is 9.47 Å². The Balaban J connectivity index is 1.47. The largest absolute Gasteiger partial charge is 0.495 e. The number of sulfonamides is 2. The number of rotatable bonds is 9. The highest BCUT2D eigenvalue weighted by molar-refractivity contribution is 7.89. The maximum absolute atomic E-state index is 13.1. The average molecular weight is 524 g/mol. The number of nitrogens with zero attached hydrogens (tertiary/aromatic N) is 2. The summed E-state index contributed by atoms with van der Waals surface area (Å²) in [7, 11) is -5.79. The van der Waals surface area contributed by atoms with Gasteiger partial charge in [0.05, 0.1) is 28.7 Å². The summed E-state index contributed by atoms with van der Waals surface area (Å²) in [5.74, 6) is 0.537. The summed E-state index contributed by atoms with van der Waals surface area (Å²) in [6, 6.07) is 11.7. The number of benzene rings is 2. The van der Waals surface area contributed by atoms with Gasteiger partial charge in [-0.1, -0.05) is 19.1 Å². The SMILES string of the molecule is CCc1ccc(S(=O)(=O)N2CCN(c3cc(S(=O)(=O)NC[C@H]4CCCO4)ccc3OC)CC2)cc1. The van der Waals surface area contributed by atoms with Crippen molar-refractivity contribution in [2.45, 2.75) is 42.1 Å². The number of methoxy groups -OCH3 is 1. The van der Waals surface area contributed by atoms with Crippen LogP contribution in [0.3, 0.4) is 0 Å². The molecule has 2 heterocycles. The van der Waals surface area contributed by atoms with Crippen LogP contribution in [0.5, 0.6) is 5.75 Å². The van der Waals surface area contributed by atoms with Crippen LogP contribution in [0, 0.1) is 0 Å². The van der Waals surface area contributed by atoms with Gasteiger partial charge in [-0.2, -0.15) is 4.31 Å². The summed E-state index contributed by atoms with van der Waals surface area (Å²) >= 11 is 0. The van der Waals surface area contributed by atoms with Crippen molar-refractivity contribution in [3.8, 4) is 5.75 Å². The zero-order valence-electron chi connectivity index (χ0n) is 20.1. The highest BCUT2D eigenvalue weighted by atomic mass is 32.2. The van der Waals surface area contributed by atoms with Crippen LogP contribution < -0.4 is 14.4 Å². The maximum atomic E-state index is 13.1. The van der Waals surface area contributed by atoms with Gasteiger partial charge < -0.3 is 14.4 Å². The molecule has 0 amide bonds. The first-order valence-corrected chi connectivity index (χ1v) is 14.8. The van der Waals surface area contributed by atoms with Crippen LogP contribution in [-0.2, 0) is 31.2 Å². The van der Waals surface area contributed by atoms with Gasteiger partial charge >= 0.3 is 0 Å². The van der Waals surface area contributed by atoms with Gasteiger partial charge in [0.1, 0.15) is 5.75 Å². The Kier molecular flexibility index (Phi) is 8.02. The monoisotopic (exact) mass is 523 g/mol. The fourth-order valence-corrected chi connectivity index (χ4v) is 6.90. The van der Waals surface area contributed by atoms with Crippen LogP contribution in [0.1, 0.15) is 25.3 Å². The van der Waals surface area contributed by atoms with Gasteiger partial charge in [0.15, 0.2) is 0 Å². The van der Waals surface area contributed by atoms with E-state index in [9.17, 15) is 16.8 Å². The molecule has 2 aliphatic rings. The van der Waals surface area contributed by atoms with E-state index in [0.717, 1.165) is 24.8 Å². The molecule has 4 rings (SSSR count). The lowest BCUT2D eigenvalue weighted by molar-refractivity contribution is 0.114. The first kappa shape index (κ1) is 25.9. The van der Waals surface area contributed by atoms with E-state index in [0.29, 0.717) is 31.1 Å². The third-order valence-electron chi connectivity index (χ3n) is 6.53. The minimum Gasteiger partial charge on any atom is -0.495 e. The van der Waals surface area contributed by atoms with E-state index in [1.807, 2.05) is 24.0 Å². The number of nitrogens with one attached hydrogen (secondary N) is 1. The third kappa shape index (κ3) is 5.80. The van der Waals surface area contributed by atoms with Crippen LogP contribution in [-0.4, -0.2) is 73.7 Å². The van der Waals surface area contributed by atoms with E-state index < -0.39 is 20.0 Å². The van der Waals surface area contributed by atoms with Gasteiger partial charge in [-0.25, -0.2) is 21.6 Å². The Labute approximate surface area is 208 Å². The molecule has 2 fully saturated rings. The molecule has 9 nitrogen and oxygen atoms in total. The lowest BCUT2D eigenvalue weighted by atomic mass is 10.2. The molecule has 2 saturated heterocycles. The molecule has 0 unspecified atom stereocenters. The average Bonchev–Trinajstić information content (AvgIpc) is 3.41. The van der Waals surface area contributed by atoms with Gasteiger partial charge in [0, 0.05) is 39.3 Å². The molecule has 2 aromatic rings. The van der Waals surface area contributed by atoms with Crippen molar-refractivity contribution in [1.29, 1.82) is 0 Å². The summed E-state index contributed by atoms with van der Waals surface area (Å²) < 4.78 is 67.1. The molecule has 0 aromatic heterocycles. The van der Waals surface area contributed by atoms with Crippen molar-refractivity contribution in [2.24, 2.45) is 0 Å². The Bertz CT molecular complexity index is 1220. The molecule has 192 valence electrons. The second-order valence-electron chi connectivity index (χ2n) is 8.71. The van der Waals surface area contributed by atoms with Gasteiger partial charge in [0.2, 0.25) is 20.0 Å². The maximum Gasteiger partial charge on any atom is 0.243 e. The van der Waals surface area contributed by atoms with Crippen LogP contribution in [0.2, 0.25) is 0 Å². The van der Waals surface area contributed by atoms with Gasteiger partial charge in [-0.15, -0.1) is 0 Å². The predicted octanol–water partition coefficient (Wildman–Crippen LogP) is 2.23. The molecule has 2 aliphatic heterocycles. The molecule has 0 spiro atoms. The molecular formula is C24H33N3O6S2. The zero-order valence-corrected chi connectivity index (χ0v) is 21.8. The number of aryl methyl sites for hydroxylation is 1. The van der Waals surface area contributed by atoms with Crippen molar-refractivity contribution in [2.75, 3.05) is 51.3 Å². The standard InChI is InChI=1S/C24H33N3O6S2/c1-3-19-6-8-21(9-7-19)35(30,31)27-14-12-26(13-15-27)23-17-22(10-11-24(23)32-2)34(28,29)25-18-20-5-4-16-33-20/h6-11,17,20,25H,3-5,12-16,18H2,1-2H3/t20-/m1/s1. The van der Waals surface area contributed by atoms with E-state index in [2.05, 4.69) is 4.72 Å². The minimum atomic E-state index is -3.73. The summed E-state index contributed by atoms with van der Waals surface area (Å²) in [6.45, 7) is 4.32. The molecule has 0 saturated carbocycles. The summed E-state index contributed by atoms with van der Waals surface area (Å²) in [5.41, 5.74) is 1.71. The van der Waals surface area contributed by atoms with Crippen LogP contribution in [0.15, 0.2) is 52.3 Å². The van der Waals surface area contributed by atoms with Gasteiger partial charge in [-0.3, -0.25) is 0 Å². The molecule has 1 atom stereocenters. The normalized spacial score (nSPS) is 19.7. The number of hydrogen-bond donors (Lipinski definition) is 1.